The SMILES string of the molecule is CC(C)(C)CN[C@@H]1C[C@@H](O)[C@H](CO)[C@H]1Cc1ccnc(-c2ccccc2F)n1. The van der Waals surface area contributed by atoms with E-state index in [0.29, 0.717) is 24.2 Å². The molecule has 152 valence electrons. The lowest BCUT2D eigenvalue weighted by atomic mass is 9.88. The lowest BCUT2D eigenvalue weighted by Gasteiger charge is -2.28. The Balaban J connectivity index is 1.81. The zero-order chi connectivity index (χ0) is 20.3. The zero-order valence-electron chi connectivity index (χ0n) is 16.8. The van der Waals surface area contributed by atoms with Gasteiger partial charge in [-0.15, -0.1) is 0 Å². The van der Waals surface area contributed by atoms with E-state index in [2.05, 4.69) is 36.1 Å². The van der Waals surface area contributed by atoms with Crippen LogP contribution < -0.4 is 5.32 Å². The highest BCUT2D eigenvalue weighted by molar-refractivity contribution is 5.55. The van der Waals surface area contributed by atoms with Crippen LogP contribution in [0.5, 0.6) is 0 Å². The maximum Gasteiger partial charge on any atom is 0.162 e. The number of nitrogens with one attached hydrogen (secondary N) is 1. The standard InChI is InChI=1S/C22H30FN3O2/c1-22(2,3)13-25-19-11-20(28)17(12-27)16(19)10-14-8-9-24-21(26-14)15-6-4-5-7-18(15)23/h4-9,16-17,19-20,25,27-28H,10-13H2,1-3H3/t16-,17-,19-,20-/m1/s1. The molecule has 4 atom stereocenters. The van der Waals surface area contributed by atoms with Gasteiger partial charge in [-0.25, -0.2) is 14.4 Å². The molecule has 0 aliphatic heterocycles. The number of aliphatic hydroxyl groups excluding tert-OH is 2. The summed E-state index contributed by atoms with van der Waals surface area (Å²) < 4.78 is 14.1. The molecule has 1 fully saturated rings. The number of aliphatic hydroxyl groups is 2. The van der Waals surface area contributed by atoms with E-state index >= 15 is 0 Å². The average molecular weight is 387 g/mol. The van der Waals surface area contributed by atoms with Crippen LogP contribution in [0, 0.1) is 23.1 Å². The molecule has 6 heteroatoms. The first-order chi connectivity index (χ1) is 13.3. The van der Waals surface area contributed by atoms with Gasteiger partial charge in [-0.2, -0.15) is 0 Å². The van der Waals surface area contributed by atoms with Gasteiger partial charge in [-0.05, 0) is 42.4 Å². The third-order valence-electron chi connectivity index (χ3n) is 5.43. The quantitative estimate of drug-likeness (QED) is 0.710. The zero-order valence-corrected chi connectivity index (χ0v) is 16.8. The molecule has 1 aromatic carbocycles. The van der Waals surface area contributed by atoms with Crippen LogP contribution in [-0.4, -0.2) is 45.5 Å². The summed E-state index contributed by atoms with van der Waals surface area (Å²) in [6.07, 6.45) is 2.30. The van der Waals surface area contributed by atoms with Crippen molar-refractivity contribution in [2.45, 2.75) is 45.8 Å². The van der Waals surface area contributed by atoms with Gasteiger partial charge in [0.2, 0.25) is 0 Å². The third kappa shape index (κ3) is 4.93. The van der Waals surface area contributed by atoms with E-state index < -0.39 is 6.10 Å². The highest BCUT2D eigenvalue weighted by Gasteiger charge is 2.42. The van der Waals surface area contributed by atoms with Gasteiger partial charge < -0.3 is 15.5 Å². The van der Waals surface area contributed by atoms with Gasteiger partial charge in [-0.3, -0.25) is 0 Å². The van der Waals surface area contributed by atoms with Crippen molar-refractivity contribution in [3.05, 3.63) is 48.0 Å². The van der Waals surface area contributed by atoms with E-state index in [9.17, 15) is 14.6 Å². The van der Waals surface area contributed by atoms with Gasteiger partial charge in [-0.1, -0.05) is 32.9 Å². The predicted octanol–water partition coefficient (Wildman–Crippen LogP) is 2.82. The molecule has 0 amide bonds. The van der Waals surface area contributed by atoms with Crippen LogP contribution in [0.15, 0.2) is 36.5 Å². The normalized spacial score (nSPS) is 25.2. The Bertz CT molecular complexity index is 793. The van der Waals surface area contributed by atoms with E-state index in [1.54, 1.807) is 24.4 Å². The second-order valence-corrected chi connectivity index (χ2v) is 8.92. The predicted molar refractivity (Wildman–Crippen MR) is 107 cm³/mol. The lowest BCUT2D eigenvalue weighted by Crippen LogP contribution is -2.40. The van der Waals surface area contributed by atoms with E-state index in [-0.39, 0.29) is 35.7 Å². The van der Waals surface area contributed by atoms with Crippen molar-refractivity contribution < 1.29 is 14.6 Å². The first-order valence-electron chi connectivity index (χ1n) is 9.87. The van der Waals surface area contributed by atoms with Crippen LogP contribution in [0.3, 0.4) is 0 Å². The first-order valence-corrected chi connectivity index (χ1v) is 9.87. The number of nitrogens with zero attached hydrogens (tertiary/aromatic N) is 2. The fourth-order valence-electron chi connectivity index (χ4n) is 3.94. The van der Waals surface area contributed by atoms with Crippen LogP contribution >= 0.6 is 0 Å². The minimum atomic E-state index is -0.541. The number of rotatable bonds is 6. The molecule has 0 spiro atoms. The minimum Gasteiger partial charge on any atom is -0.396 e. The van der Waals surface area contributed by atoms with Gasteiger partial charge in [0, 0.05) is 37.0 Å². The van der Waals surface area contributed by atoms with Gasteiger partial charge >= 0.3 is 0 Å². The maximum atomic E-state index is 14.1. The van der Waals surface area contributed by atoms with Crippen LogP contribution in [0.2, 0.25) is 0 Å². The minimum absolute atomic E-state index is 0.0470. The number of benzene rings is 1. The summed E-state index contributed by atoms with van der Waals surface area (Å²) in [4.78, 5) is 8.78. The van der Waals surface area contributed by atoms with E-state index in [1.807, 2.05) is 6.07 Å². The molecule has 1 aromatic heterocycles. The molecule has 5 nitrogen and oxygen atoms in total. The van der Waals surface area contributed by atoms with Crippen LogP contribution in [0.4, 0.5) is 4.39 Å². The number of halogens is 1. The van der Waals surface area contributed by atoms with E-state index in [4.69, 9.17) is 0 Å². The maximum absolute atomic E-state index is 14.1. The molecule has 0 unspecified atom stereocenters. The number of aromatic nitrogens is 2. The van der Waals surface area contributed by atoms with Crippen molar-refractivity contribution in [2.24, 2.45) is 17.3 Å². The van der Waals surface area contributed by atoms with Gasteiger partial charge in [0.15, 0.2) is 5.82 Å². The van der Waals surface area contributed by atoms with Gasteiger partial charge in [0.25, 0.3) is 0 Å². The summed E-state index contributed by atoms with van der Waals surface area (Å²) >= 11 is 0. The Morgan fingerprint density at radius 1 is 1.18 bits per heavy atom. The molecular weight excluding hydrogens is 357 g/mol. The van der Waals surface area contributed by atoms with Crippen LogP contribution in [0.25, 0.3) is 11.4 Å². The molecule has 28 heavy (non-hydrogen) atoms. The third-order valence-corrected chi connectivity index (χ3v) is 5.43. The Morgan fingerprint density at radius 2 is 1.93 bits per heavy atom. The summed E-state index contributed by atoms with van der Waals surface area (Å²) in [5.41, 5.74) is 1.28. The fraction of sp³-hybridized carbons (Fsp3) is 0.545. The highest BCUT2D eigenvalue weighted by atomic mass is 19.1. The van der Waals surface area contributed by atoms with Crippen molar-refractivity contribution in [3.63, 3.8) is 0 Å². The molecule has 3 rings (SSSR count). The van der Waals surface area contributed by atoms with Gasteiger partial charge in [0.1, 0.15) is 5.82 Å². The summed E-state index contributed by atoms with van der Waals surface area (Å²) in [7, 11) is 0. The molecular formula is C22H30FN3O2. The van der Waals surface area contributed by atoms with Crippen LogP contribution in [-0.2, 0) is 6.42 Å². The average Bonchev–Trinajstić information content (AvgIpc) is 2.94. The number of hydrogen-bond donors (Lipinski definition) is 3. The lowest BCUT2D eigenvalue weighted by molar-refractivity contribution is 0.0715. The Labute approximate surface area is 166 Å². The van der Waals surface area contributed by atoms with Gasteiger partial charge in [0.05, 0.1) is 11.7 Å². The molecule has 1 saturated carbocycles. The van der Waals surface area contributed by atoms with Crippen molar-refractivity contribution in [1.29, 1.82) is 0 Å². The molecule has 1 heterocycles. The molecule has 1 aliphatic rings. The second kappa shape index (κ2) is 8.64. The Morgan fingerprint density at radius 3 is 2.61 bits per heavy atom. The van der Waals surface area contributed by atoms with Crippen molar-refractivity contribution in [3.8, 4) is 11.4 Å². The van der Waals surface area contributed by atoms with E-state index in [0.717, 1.165) is 12.2 Å². The van der Waals surface area contributed by atoms with E-state index in [1.165, 1.54) is 6.07 Å². The number of hydrogen-bond acceptors (Lipinski definition) is 5. The largest absolute Gasteiger partial charge is 0.396 e. The summed E-state index contributed by atoms with van der Waals surface area (Å²) in [5.74, 6) is -0.155. The summed E-state index contributed by atoms with van der Waals surface area (Å²) in [6, 6.07) is 8.38. The Kier molecular flexibility index (Phi) is 6.43. The summed E-state index contributed by atoms with van der Waals surface area (Å²) in [5, 5.41) is 23.8. The van der Waals surface area contributed by atoms with Crippen molar-refractivity contribution in [1.82, 2.24) is 15.3 Å². The molecule has 1 aliphatic carbocycles. The smallest absolute Gasteiger partial charge is 0.162 e. The summed E-state index contributed by atoms with van der Waals surface area (Å²) in [6.45, 7) is 7.24. The molecule has 0 radical (unpaired) electrons. The highest BCUT2D eigenvalue weighted by Crippen LogP contribution is 2.35. The first kappa shape index (κ1) is 20.8. The molecule has 2 aromatic rings. The Hall–Kier alpha value is -1.89. The van der Waals surface area contributed by atoms with Crippen LogP contribution in [0.1, 0.15) is 32.9 Å². The van der Waals surface area contributed by atoms with Crippen molar-refractivity contribution in [2.75, 3.05) is 13.2 Å². The topological polar surface area (TPSA) is 78.3 Å². The van der Waals surface area contributed by atoms with Crippen molar-refractivity contribution >= 4 is 0 Å². The molecule has 3 N–H and O–H groups in total. The second-order valence-electron chi connectivity index (χ2n) is 8.92. The molecule has 0 bridgehead atoms. The fourth-order valence-corrected chi connectivity index (χ4v) is 3.94. The monoisotopic (exact) mass is 387 g/mol. The molecule has 0 saturated heterocycles.